The molecule has 8 atom stereocenters. The summed E-state index contributed by atoms with van der Waals surface area (Å²) >= 11 is 0. The first-order valence-electron chi connectivity index (χ1n) is 31.7. The summed E-state index contributed by atoms with van der Waals surface area (Å²) in [4.78, 5) is 26.7. The zero-order valence-corrected chi connectivity index (χ0v) is 56.0. The van der Waals surface area contributed by atoms with Gasteiger partial charge in [-0.05, 0) is 35.0 Å². The molecule has 80 heavy (non-hydrogen) atoms. The van der Waals surface area contributed by atoms with Crippen LogP contribution in [0.2, 0.25) is 22.2 Å². The molecule has 0 aromatic rings. The number of methoxy groups -OCH3 is 3. The highest BCUT2D eigenvalue weighted by Gasteiger charge is 2.67. The summed E-state index contributed by atoms with van der Waals surface area (Å²) in [6, 6.07) is 0. The van der Waals surface area contributed by atoms with Gasteiger partial charge in [-0.15, -0.1) is 0 Å². The fraction of sp³-hybridized carbons (Fsp3) is 0.967. The van der Waals surface area contributed by atoms with E-state index in [9.17, 15) is 9.59 Å². The van der Waals surface area contributed by atoms with Gasteiger partial charge >= 0.3 is 36.9 Å². The Kier molecular flexibility index (Phi) is 41.1. The average molecular weight is 1200 g/mol. The third-order valence-corrected chi connectivity index (χ3v) is 27.5. The molecule has 1 saturated carbocycles. The van der Waals surface area contributed by atoms with E-state index in [1.165, 1.54) is 144 Å². The van der Waals surface area contributed by atoms with Crippen molar-refractivity contribution in [3.05, 3.63) is 0 Å². The smallest absolute Gasteiger partial charge is 0.462 e. The molecule has 0 bridgehead atoms. The van der Waals surface area contributed by atoms with Crippen LogP contribution in [0.1, 0.15) is 249 Å². The number of rotatable bonds is 50. The third-order valence-electron chi connectivity index (χ3n) is 15.8. The van der Waals surface area contributed by atoms with Crippen LogP contribution in [0.3, 0.4) is 0 Å². The molecule has 0 radical (unpaired) electrons. The summed E-state index contributed by atoms with van der Waals surface area (Å²) in [6.07, 6.45) is 23.8. The number of phosphoric acid groups is 1. The summed E-state index contributed by atoms with van der Waals surface area (Å²) in [6.45, 7) is 20.1. The Bertz CT molecular complexity index is 1600. The van der Waals surface area contributed by atoms with Crippen LogP contribution in [0.5, 0.6) is 0 Å². The van der Waals surface area contributed by atoms with Crippen LogP contribution < -0.4 is 0 Å². The van der Waals surface area contributed by atoms with E-state index >= 15 is 4.57 Å². The number of carbonyl (C=O) groups excluding carboxylic acids is 2. The van der Waals surface area contributed by atoms with Crippen molar-refractivity contribution >= 4 is 36.9 Å². The summed E-state index contributed by atoms with van der Waals surface area (Å²) < 4.78 is 104. The van der Waals surface area contributed by atoms with E-state index in [0.717, 1.165) is 38.5 Å². The molecule has 0 amide bonds. The quantitative estimate of drug-likeness (QED) is 0.0184. The fourth-order valence-corrected chi connectivity index (χ4v) is 23.7. The lowest BCUT2D eigenvalue weighted by molar-refractivity contribution is -0.277. The van der Waals surface area contributed by atoms with E-state index in [-0.39, 0.29) is 62.0 Å². The molecule has 0 aromatic heterocycles. The Balaban J connectivity index is 2.37. The maximum Gasteiger partial charge on any atom is 0.475 e. The average Bonchev–Trinajstić information content (AvgIpc) is 3.63. The molecule has 0 aromatic carbocycles. The van der Waals surface area contributed by atoms with Crippen molar-refractivity contribution in [2.75, 3.05) is 62.0 Å². The van der Waals surface area contributed by atoms with E-state index in [0.29, 0.717) is 12.8 Å². The van der Waals surface area contributed by atoms with Gasteiger partial charge in [-0.2, -0.15) is 0 Å². The van der Waals surface area contributed by atoms with Gasteiger partial charge in [0, 0.05) is 41.3 Å². The van der Waals surface area contributed by atoms with E-state index in [1.807, 2.05) is 0 Å². The minimum absolute atomic E-state index is 0.0139. The Morgan fingerprint density at radius 2 is 0.787 bits per heavy atom. The van der Waals surface area contributed by atoms with Crippen LogP contribution in [0.15, 0.2) is 0 Å². The minimum Gasteiger partial charge on any atom is -0.462 e. The normalized spacial score (nSPS) is 22.2. The summed E-state index contributed by atoms with van der Waals surface area (Å²) in [5, 5.41) is 0. The first-order valence-corrected chi connectivity index (χ1v) is 37.1. The van der Waals surface area contributed by atoms with Gasteiger partial charge in [-0.1, -0.05) is 223 Å². The number of ether oxygens (including phenoxy) is 8. The first-order chi connectivity index (χ1) is 38.5. The number of fused-ring (bicyclic) bond motifs is 1. The molecule has 0 spiro atoms. The standard InChI is InChI=1S/C60H119O17PSi2/c1-15-17-19-21-23-25-27-29-31-33-35-37-39-41-53(61)68-43-52(73-54(62)42-40-38-36-34-32-30-28-26-24-22-20-18-16-2)44-72-78(63,67-14)74-58-55(69-45-64-11)56(70-46-65-12)59-60(57(58)71-47-66-13)76-80(50(7)8,51(9)10)77-79(75-59,48(3)4)49(5)6/h48-52,55-60H,15-47H2,1-14H3/t52-,55-,56-,57+,58+,59+,60+,78?/m1/s1. The van der Waals surface area contributed by atoms with Gasteiger partial charge in [0.15, 0.2) is 6.10 Å². The molecular weight excluding hydrogens is 1080 g/mol. The Morgan fingerprint density at radius 3 is 1.14 bits per heavy atom. The van der Waals surface area contributed by atoms with Crippen LogP contribution in [0.25, 0.3) is 0 Å². The molecule has 1 aliphatic heterocycles. The number of hydrogen-bond acceptors (Lipinski definition) is 17. The lowest BCUT2D eigenvalue weighted by Crippen LogP contribution is -2.69. The van der Waals surface area contributed by atoms with Crippen molar-refractivity contribution < 1.29 is 78.6 Å². The highest BCUT2D eigenvalue weighted by Crippen LogP contribution is 2.55. The number of phosphoric ester groups is 1. The van der Waals surface area contributed by atoms with Crippen molar-refractivity contribution in [3.8, 4) is 0 Å². The van der Waals surface area contributed by atoms with Crippen molar-refractivity contribution in [3.63, 3.8) is 0 Å². The van der Waals surface area contributed by atoms with E-state index in [1.54, 1.807) is 0 Å². The Morgan fingerprint density at radius 1 is 0.450 bits per heavy atom. The number of carbonyl (C=O) groups is 2. The second kappa shape index (κ2) is 43.7. The fourth-order valence-electron chi connectivity index (χ4n) is 11.2. The molecule has 2 aliphatic rings. The highest BCUT2D eigenvalue weighted by atomic mass is 31.2. The maximum absolute atomic E-state index is 15.1. The Labute approximate surface area is 489 Å². The van der Waals surface area contributed by atoms with Crippen molar-refractivity contribution in [2.24, 2.45) is 0 Å². The molecule has 474 valence electrons. The van der Waals surface area contributed by atoms with Crippen LogP contribution in [0, 0.1) is 0 Å². The molecule has 2 fully saturated rings. The number of esters is 2. The number of hydrogen-bond donors (Lipinski definition) is 0. The van der Waals surface area contributed by atoms with Crippen molar-refractivity contribution in [1.82, 2.24) is 0 Å². The zero-order chi connectivity index (χ0) is 59.2. The predicted octanol–water partition coefficient (Wildman–Crippen LogP) is 15.9. The molecule has 2 rings (SSSR count). The van der Waals surface area contributed by atoms with Gasteiger partial charge < -0.3 is 50.9 Å². The van der Waals surface area contributed by atoms with Gasteiger partial charge in [-0.3, -0.25) is 23.2 Å². The van der Waals surface area contributed by atoms with Gasteiger partial charge in [0.1, 0.15) is 63.6 Å². The van der Waals surface area contributed by atoms with Crippen LogP contribution in [0.4, 0.5) is 0 Å². The second-order valence-corrected chi connectivity index (χ2v) is 34.2. The monoisotopic (exact) mass is 1200 g/mol. The zero-order valence-electron chi connectivity index (χ0n) is 53.1. The lowest BCUT2D eigenvalue weighted by atomic mass is 9.84. The topological polar surface area (TPSA) is 180 Å². The maximum atomic E-state index is 15.1. The largest absolute Gasteiger partial charge is 0.475 e. The molecule has 1 heterocycles. The molecule has 0 N–H and O–H groups in total. The van der Waals surface area contributed by atoms with Crippen LogP contribution >= 0.6 is 7.82 Å². The second-order valence-electron chi connectivity index (χ2n) is 23.7. The van der Waals surface area contributed by atoms with Gasteiger partial charge in [0.25, 0.3) is 0 Å². The van der Waals surface area contributed by atoms with E-state index in [4.69, 9.17) is 64.4 Å². The van der Waals surface area contributed by atoms with E-state index in [2.05, 4.69) is 69.2 Å². The van der Waals surface area contributed by atoms with Crippen molar-refractivity contribution in [2.45, 2.75) is 314 Å². The van der Waals surface area contributed by atoms with Crippen LogP contribution in [-0.4, -0.2) is 134 Å². The number of unbranched alkanes of at least 4 members (excludes halogenated alkanes) is 24. The van der Waals surface area contributed by atoms with Crippen LogP contribution in [-0.2, 0) is 78.6 Å². The first kappa shape index (κ1) is 75.2. The minimum atomic E-state index is -4.65. The van der Waals surface area contributed by atoms with E-state index < -0.39 is 86.2 Å². The van der Waals surface area contributed by atoms with Gasteiger partial charge in [0.05, 0.1) is 6.61 Å². The molecule has 1 unspecified atom stereocenters. The molecule has 1 saturated heterocycles. The highest BCUT2D eigenvalue weighted by molar-refractivity contribution is 7.48. The SMILES string of the molecule is CCCCCCCCCCCCCCCC(=O)OC[C@H](COP(=O)(OC)O[C@H]1[C@H](OCOC)[C@@H](OCOC)[C@@H]2O[Si](C(C)C)(C(C)C)O[Si](C(C)C)(C(C)C)O[C@H]2[C@H]1OCOC)OC(=O)CCCCCCCCCCCCCCC. The molecule has 17 nitrogen and oxygen atoms in total. The van der Waals surface area contributed by atoms with Gasteiger partial charge in [-0.25, -0.2) is 4.57 Å². The third kappa shape index (κ3) is 27.2. The lowest BCUT2D eigenvalue weighted by Gasteiger charge is -2.51. The molecular formula is C60H119O17PSi2. The molecule has 1 aliphatic carbocycles. The summed E-state index contributed by atoms with van der Waals surface area (Å²) in [5.74, 6) is -0.885. The predicted molar refractivity (Wildman–Crippen MR) is 320 cm³/mol. The molecule has 20 heteroatoms. The van der Waals surface area contributed by atoms with Crippen molar-refractivity contribution in [1.29, 1.82) is 0 Å². The summed E-state index contributed by atoms with van der Waals surface area (Å²) in [7, 11) is -5.44. The Hall–Kier alpha value is -0.876. The van der Waals surface area contributed by atoms with Gasteiger partial charge in [0.2, 0.25) is 0 Å². The summed E-state index contributed by atoms with van der Waals surface area (Å²) in [5.41, 5.74) is -0.114.